The largest absolute Gasteiger partial charge is 0.398 e. The lowest BCUT2D eigenvalue weighted by Crippen LogP contribution is -2.02. The molecule has 6 heteroatoms. The number of benzene rings is 1. The molecule has 0 unspecified atom stereocenters. The normalized spacial score (nSPS) is 10.3. The second kappa shape index (κ2) is 5.24. The van der Waals surface area contributed by atoms with Crippen LogP contribution in [0.2, 0.25) is 5.28 Å². The zero-order valence-corrected chi connectivity index (χ0v) is 11.4. The molecule has 0 bridgehead atoms. The van der Waals surface area contributed by atoms with E-state index in [1.54, 1.807) is 12.1 Å². The summed E-state index contributed by atoms with van der Waals surface area (Å²) in [6.07, 6.45) is 1.21. The Kier molecular flexibility index (Phi) is 3.66. The van der Waals surface area contributed by atoms with E-state index in [4.69, 9.17) is 22.7 Å². The molecular weight excluding hydrogens is 262 g/mol. The predicted octanol–water partition coefficient (Wildman–Crippen LogP) is 3.07. The van der Waals surface area contributed by atoms with Crippen LogP contribution in [0.15, 0.2) is 18.2 Å². The third-order valence-electron chi connectivity index (χ3n) is 2.87. The third kappa shape index (κ3) is 2.82. The van der Waals surface area contributed by atoms with Crippen LogP contribution in [0.5, 0.6) is 0 Å². The van der Waals surface area contributed by atoms with Crippen molar-refractivity contribution >= 4 is 35.0 Å². The number of aromatic nitrogens is 2. The topological polar surface area (TPSA) is 87.7 Å². The van der Waals surface area contributed by atoms with Gasteiger partial charge in [-0.2, -0.15) is 0 Å². The molecule has 0 aliphatic heterocycles. The lowest BCUT2D eigenvalue weighted by Gasteiger charge is -2.11. The summed E-state index contributed by atoms with van der Waals surface area (Å²) in [5, 5.41) is 10.7. The van der Waals surface area contributed by atoms with Crippen molar-refractivity contribution in [1.82, 2.24) is 9.97 Å². The molecular formula is C13H14ClN5. The second-order valence-corrected chi connectivity index (χ2v) is 4.50. The van der Waals surface area contributed by atoms with Crippen LogP contribution >= 0.6 is 11.6 Å². The molecule has 1 heterocycles. The molecule has 2 aromatic rings. The molecule has 0 fully saturated rings. The van der Waals surface area contributed by atoms with E-state index in [-0.39, 0.29) is 5.28 Å². The van der Waals surface area contributed by atoms with Gasteiger partial charge < -0.3 is 16.5 Å². The second-order valence-electron chi connectivity index (χ2n) is 4.16. The maximum Gasteiger partial charge on any atom is 0.224 e. The standard InChI is InChI=1S/C13H14ClN5/c1-7-8(2)17-13(14)19-12(7)18-10-3-4-11(16)9(5-10)6-15/h3-6,15H,16H2,1-2H3,(H,17,18,19). The molecule has 2 rings (SSSR count). The summed E-state index contributed by atoms with van der Waals surface area (Å²) in [5.74, 6) is 0.651. The number of nitrogen functional groups attached to an aromatic ring is 1. The highest BCUT2D eigenvalue weighted by Crippen LogP contribution is 2.23. The van der Waals surface area contributed by atoms with Crippen LogP contribution in [-0.2, 0) is 0 Å². The summed E-state index contributed by atoms with van der Waals surface area (Å²) < 4.78 is 0. The van der Waals surface area contributed by atoms with E-state index in [1.807, 2.05) is 19.9 Å². The Labute approximate surface area is 116 Å². The fourth-order valence-corrected chi connectivity index (χ4v) is 1.84. The SMILES string of the molecule is Cc1nc(Cl)nc(Nc2ccc(N)c(C=N)c2)c1C. The molecule has 5 nitrogen and oxygen atoms in total. The van der Waals surface area contributed by atoms with E-state index in [1.165, 1.54) is 6.21 Å². The number of aryl methyl sites for hydroxylation is 1. The van der Waals surface area contributed by atoms with Gasteiger partial charge in [-0.05, 0) is 43.6 Å². The van der Waals surface area contributed by atoms with Gasteiger partial charge in [0.05, 0.1) is 0 Å². The molecule has 0 saturated carbocycles. The van der Waals surface area contributed by atoms with Crippen molar-refractivity contribution < 1.29 is 0 Å². The molecule has 19 heavy (non-hydrogen) atoms. The van der Waals surface area contributed by atoms with Crippen LogP contribution in [0.1, 0.15) is 16.8 Å². The Bertz CT molecular complexity index is 639. The number of halogens is 1. The summed E-state index contributed by atoms with van der Waals surface area (Å²) in [6, 6.07) is 5.36. The van der Waals surface area contributed by atoms with Gasteiger partial charge in [-0.1, -0.05) is 0 Å². The van der Waals surface area contributed by atoms with Crippen LogP contribution in [0, 0.1) is 19.3 Å². The van der Waals surface area contributed by atoms with Crippen molar-refractivity contribution in [3.05, 3.63) is 40.3 Å². The van der Waals surface area contributed by atoms with Crippen molar-refractivity contribution in [2.45, 2.75) is 13.8 Å². The first kappa shape index (κ1) is 13.3. The Morgan fingerprint density at radius 3 is 2.74 bits per heavy atom. The molecule has 0 aliphatic carbocycles. The van der Waals surface area contributed by atoms with Crippen LogP contribution in [-0.4, -0.2) is 16.2 Å². The van der Waals surface area contributed by atoms with Gasteiger partial charge in [-0.15, -0.1) is 0 Å². The Morgan fingerprint density at radius 2 is 2.05 bits per heavy atom. The molecule has 4 N–H and O–H groups in total. The molecule has 1 aromatic heterocycles. The van der Waals surface area contributed by atoms with Crippen molar-refractivity contribution in [3.63, 3.8) is 0 Å². The highest BCUT2D eigenvalue weighted by Gasteiger charge is 2.07. The quantitative estimate of drug-likeness (QED) is 0.456. The summed E-state index contributed by atoms with van der Waals surface area (Å²) in [7, 11) is 0. The van der Waals surface area contributed by atoms with E-state index in [9.17, 15) is 0 Å². The lowest BCUT2D eigenvalue weighted by molar-refractivity contribution is 1.07. The first-order valence-electron chi connectivity index (χ1n) is 5.69. The van der Waals surface area contributed by atoms with Crippen LogP contribution in [0.4, 0.5) is 17.2 Å². The number of rotatable bonds is 3. The minimum atomic E-state index is 0.202. The highest BCUT2D eigenvalue weighted by molar-refractivity contribution is 6.28. The van der Waals surface area contributed by atoms with E-state index in [0.717, 1.165) is 16.9 Å². The number of nitrogens with zero attached hydrogens (tertiary/aromatic N) is 2. The maximum absolute atomic E-state index is 7.29. The zero-order valence-electron chi connectivity index (χ0n) is 10.7. The summed E-state index contributed by atoms with van der Waals surface area (Å²) in [5.41, 5.74) is 9.51. The smallest absolute Gasteiger partial charge is 0.224 e. The Balaban J connectivity index is 2.39. The first-order chi connectivity index (χ1) is 9.01. The van der Waals surface area contributed by atoms with Crippen LogP contribution in [0.25, 0.3) is 0 Å². The average molecular weight is 276 g/mol. The fourth-order valence-electron chi connectivity index (χ4n) is 1.63. The van der Waals surface area contributed by atoms with Gasteiger partial charge in [0.15, 0.2) is 0 Å². The number of hydrogen-bond acceptors (Lipinski definition) is 5. The molecule has 98 valence electrons. The third-order valence-corrected chi connectivity index (χ3v) is 3.04. The van der Waals surface area contributed by atoms with Crippen molar-refractivity contribution in [1.29, 1.82) is 5.41 Å². The summed E-state index contributed by atoms with van der Waals surface area (Å²) >= 11 is 5.85. The molecule has 1 aromatic carbocycles. The number of nitrogens with two attached hydrogens (primary N) is 1. The first-order valence-corrected chi connectivity index (χ1v) is 6.07. The molecule has 0 radical (unpaired) electrons. The van der Waals surface area contributed by atoms with E-state index in [2.05, 4.69) is 15.3 Å². The molecule has 0 amide bonds. The maximum atomic E-state index is 7.29. The summed E-state index contributed by atoms with van der Waals surface area (Å²) in [4.78, 5) is 8.24. The van der Waals surface area contributed by atoms with Gasteiger partial charge in [-0.3, -0.25) is 0 Å². The van der Waals surface area contributed by atoms with Gasteiger partial charge in [0.1, 0.15) is 5.82 Å². The number of nitrogens with one attached hydrogen (secondary N) is 2. The highest BCUT2D eigenvalue weighted by atomic mass is 35.5. The molecule has 0 saturated heterocycles. The molecule has 0 atom stereocenters. The van der Waals surface area contributed by atoms with Gasteiger partial charge in [-0.25, -0.2) is 9.97 Å². The Morgan fingerprint density at radius 1 is 1.32 bits per heavy atom. The average Bonchev–Trinajstić information content (AvgIpc) is 2.37. The molecule has 0 spiro atoms. The zero-order chi connectivity index (χ0) is 14.0. The van der Waals surface area contributed by atoms with Gasteiger partial charge in [0, 0.05) is 34.4 Å². The monoisotopic (exact) mass is 275 g/mol. The minimum absolute atomic E-state index is 0.202. The number of anilines is 3. The predicted molar refractivity (Wildman–Crippen MR) is 78.5 cm³/mol. The van der Waals surface area contributed by atoms with Gasteiger partial charge in [0.25, 0.3) is 0 Å². The van der Waals surface area contributed by atoms with E-state index < -0.39 is 0 Å². The van der Waals surface area contributed by atoms with Crippen molar-refractivity contribution in [2.24, 2.45) is 0 Å². The van der Waals surface area contributed by atoms with Crippen LogP contribution < -0.4 is 11.1 Å². The Hall–Kier alpha value is -2.14. The molecule has 0 aliphatic rings. The minimum Gasteiger partial charge on any atom is -0.398 e. The van der Waals surface area contributed by atoms with E-state index >= 15 is 0 Å². The summed E-state index contributed by atoms with van der Waals surface area (Å²) in [6.45, 7) is 3.79. The van der Waals surface area contributed by atoms with Gasteiger partial charge >= 0.3 is 0 Å². The lowest BCUT2D eigenvalue weighted by atomic mass is 10.1. The van der Waals surface area contributed by atoms with Crippen LogP contribution in [0.3, 0.4) is 0 Å². The van der Waals surface area contributed by atoms with E-state index in [0.29, 0.717) is 17.1 Å². The number of hydrogen-bond donors (Lipinski definition) is 3. The fraction of sp³-hybridized carbons (Fsp3) is 0.154. The van der Waals surface area contributed by atoms with Gasteiger partial charge in [0.2, 0.25) is 5.28 Å². The van der Waals surface area contributed by atoms with Crippen molar-refractivity contribution in [3.8, 4) is 0 Å². The van der Waals surface area contributed by atoms with Crippen molar-refractivity contribution in [2.75, 3.05) is 11.1 Å².